The fourth-order valence-corrected chi connectivity index (χ4v) is 2.20. The fraction of sp³-hybridized carbons (Fsp3) is 0.400. The van der Waals surface area contributed by atoms with Gasteiger partial charge in [0.15, 0.2) is 0 Å². The Labute approximate surface area is 133 Å². The Morgan fingerprint density at radius 1 is 1.18 bits per heavy atom. The number of anilines is 1. The first-order valence-corrected chi connectivity index (χ1v) is 7.85. The number of hydrogen-bond donors (Lipinski definition) is 3. The molecule has 2 amide bonds. The van der Waals surface area contributed by atoms with Gasteiger partial charge in [0.25, 0.3) is 0 Å². The second kappa shape index (κ2) is 8.43. The summed E-state index contributed by atoms with van der Waals surface area (Å²) in [6, 6.07) is 6.46. The molecule has 120 valence electrons. The average Bonchev–Trinajstić information content (AvgIpc) is 2.46. The van der Waals surface area contributed by atoms with E-state index in [0.717, 1.165) is 17.3 Å². The SMILES string of the molecule is Cc1ccc(NC(=O)CSC(C)C(=O)NC(C)C(=O)O)cc1. The van der Waals surface area contributed by atoms with Gasteiger partial charge in [-0.05, 0) is 32.9 Å². The molecule has 1 rings (SSSR count). The minimum atomic E-state index is -1.09. The van der Waals surface area contributed by atoms with E-state index in [1.807, 2.05) is 31.2 Å². The largest absolute Gasteiger partial charge is 0.480 e. The van der Waals surface area contributed by atoms with Crippen LogP contribution in [0.3, 0.4) is 0 Å². The van der Waals surface area contributed by atoms with Gasteiger partial charge in [-0.15, -0.1) is 11.8 Å². The maximum absolute atomic E-state index is 11.8. The maximum atomic E-state index is 11.8. The average molecular weight is 324 g/mol. The molecule has 0 spiro atoms. The van der Waals surface area contributed by atoms with E-state index >= 15 is 0 Å². The van der Waals surface area contributed by atoms with Crippen LogP contribution in [0.25, 0.3) is 0 Å². The summed E-state index contributed by atoms with van der Waals surface area (Å²) in [6.45, 7) is 4.98. The third kappa shape index (κ3) is 6.17. The highest BCUT2D eigenvalue weighted by atomic mass is 32.2. The summed E-state index contributed by atoms with van der Waals surface area (Å²) in [7, 11) is 0. The lowest BCUT2D eigenvalue weighted by Crippen LogP contribution is -2.42. The van der Waals surface area contributed by atoms with Crippen LogP contribution in [0.2, 0.25) is 0 Å². The summed E-state index contributed by atoms with van der Waals surface area (Å²) >= 11 is 1.15. The van der Waals surface area contributed by atoms with Crippen molar-refractivity contribution in [1.82, 2.24) is 5.32 Å². The van der Waals surface area contributed by atoms with E-state index in [1.54, 1.807) is 6.92 Å². The lowest BCUT2D eigenvalue weighted by atomic mass is 10.2. The van der Waals surface area contributed by atoms with E-state index in [2.05, 4.69) is 10.6 Å². The molecule has 0 heterocycles. The van der Waals surface area contributed by atoms with Gasteiger partial charge in [-0.2, -0.15) is 0 Å². The van der Waals surface area contributed by atoms with Crippen molar-refractivity contribution < 1.29 is 19.5 Å². The van der Waals surface area contributed by atoms with E-state index in [1.165, 1.54) is 6.92 Å². The van der Waals surface area contributed by atoms with E-state index in [0.29, 0.717) is 5.69 Å². The normalized spacial score (nSPS) is 13.0. The Kier molecular flexibility index (Phi) is 6.91. The predicted octanol–water partition coefficient (Wildman–Crippen LogP) is 1.64. The van der Waals surface area contributed by atoms with Gasteiger partial charge in [0, 0.05) is 5.69 Å². The van der Waals surface area contributed by atoms with E-state index in [9.17, 15) is 14.4 Å². The van der Waals surface area contributed by atoms with Crippen molar-refractivity contribution >= 4 is 35.2 Å². The first kappa shape index (κ1) is 18.0. The Morgan fingerprint density at radius 2 is 1.77 bits per heavy atom. The minimum absolute atomic E-state index is 0.115. The third-order valence-electron chi connectivity index (χ3n) is 2.90. The molecule has 0 aromatic heterocycles. The molecule has 0 bridgehead atoms. The number of carboxylic acids is 1. The van der Waals surface area contributed by atoms with Crippen molar-refractivity contribution in [2.45, 2.75) is 32.1 Å². The summed E-state index contributed by atoms with van der Waals surface area (Å²) < 4.78 is 0. The Morgan fingerprint density at radius 3 is 2.32 bits per heavy atom. The summed E-state index contributed by atoms with van der Waals surface area (Å²) in [6.07, 6.45) is 0. The summed E-state index contributed by atoms with van der Waals surface area (Å²) in [5.41, 5.74) is 1.80. The molecule has 6 nitrogen and oxygen atoms in total. The van der Waals surface area contributed by atoms with Gasteiger partial charge < -0.3 is 15.7 Å². The molecular formula is C15H20N2O4S. The molecule has 2 atom stereocenters. The van der Waals surface area contributed by atoms with Gasteiger partial charge in [-0.1, -0.05) is 17.7 Å². The molecule has 1 aromatic carbocycles. The number of carbonyl (C=O) groups is 3. The standard InChI is InChI=1S/C15H20N2O4S/c1-9-4-6-12(7-5-9)17-13(18)8-22-11(3)14(19)16-10(2)15(20)21/h4-7,10-11H,8H2,1-3H3,(H,16,19)(H,17,18)(H,20,21). The molecule has 3 N–H and O–H groups in total. The van der Waals surface area contributed by atoms with E-state index in [-0.39, 0.29) is 11.7 Å². The van der Waals surface area contributed by atoms with Crippen molar-refractivity contribution in [3.05, 3.63) is 29.8 Å². The highest BCUT2D eigenvalue weighted by Crippen LogP contribution is 2.13. The van der Waals surface area contributed by atoms with Crippen molar-refractivity contribution in [3.63, 3.8) is 0 Å². The van der Waals surface area contributed by atoms with Gasteiger partial charge in [-0.3, -0.25) is 14.4 Å². The molecule has 0 aliphatic rings. The van der Waals surface area contributed by atoms with E-state index < -0.39 is 23.2 Å². The van der Waals surface area contributed by atoms with Crippen molar-refractivity contribution in [1.29, 1.82) is 0 Å². The van der Waals surface area contributed by atoms with Crippen LogP contribution < -0.4 is 10.6 Å². The van der Waals surface area contributed by atoms with Crippen LogP contribution in [-0.4, -0.2) is 39.9 Å². The third-order valence-corrected chi connectivity index (χ3v) is 4.04. The number of nitrogens with one attached hydrogen (secondary N) is 2. The molecule has 7 heteroatoms. The number of hydrogen-bond acceptors (Lipinski definition) is 4. The zero-order chi connectivity index (χ0) is 16.7. The fourth-order valence-electron chi connectivity index (χ4n) is 1.50. The second-order valence-corrected chi connectivity index (χ2v) is 6.27. The highest BCUT2D eigenvalue weighted by Gasteiger charge is 2.20. The molecule has 0 aliphatic carbocycles. The Hall–Kier alpha value is -2.02. The van der Waals surface area contributed by atoms with Gasteiger partial charge in [0.05, 0.1) is 11.0 Å². The lowest BCUT2D eigenvalue weighted by molar-refractivity contribution is -0.141. The second-order valence-electron chi connectivity index (χ2n) is 4.94. The topological polar surface area (TPSA) is 95.5 Å². The predicted molar refractivity (Wildman–Crippen MR) is 87.0 cm³/mol. The number of carbonyl (C=O) groups excluding carboxylic acids is 2. The highest BCUT2D eigenvalue weighted by molar-refractivity contribution is 8.01. The molecule has 2 unspecified atom stereocenters. The minimum Gasteiger partial charge on any atom is -0.480 e. The first-order chi connectivity index (χ1) is 10.3. The molecule has 0 fully saturated rings. The van der Waals surface area contributed by atoms with Gasteiger partial charge in [0.2, 0.25) is 11.8 Å². The smallest absolute Gasteiger partial charge is 0.325 e. The van der Waals surface area contributed by atoms with Crippen LogP contribution in [0.4, 0.5) is 5.69 Å². The van der Waals surface area contributed by atoms with Crippen molar-refractivity contribution in [2.75, 3.05) is 11.1 Å². The van der Waals surface area contributed by atoms with Gasteiger partial charge in [0.1, 0.15) is 6.04 Å². The summed E-state index contributed by atoms with van der Waals surface area (Å²) in [4.78, 5) is 34.2. The van der Waals surface area contributed by atoms with Gasteiger partial charge >= 0.3 is 5.97 Å². The van der Waals surface area contributed by atoms with Crippen molar-refractivity contribution in [3.8, 4) is 0 Å². The molecule has 0 saturated carbocycles. The zero-order valence-corrected chi connectivity index (χ0v) is 13.6. The molecule has 0 aliphatic heterocycles. The summed E-state index contributed by atoms with van der Waals surface area (Å²) in [5.74, 6) is -1.59. The van der Waals surface area contributed by atoms with Crippen LogP contribution in [0.15, 0.2) is 24.3 Å². The number of rotatable bonds is 7. The molecule has 1 aromatic rings. The van der Waals surface area contributed by atoms with Crippen LogP contribution in [0.5, 0.6) is 0 Å². The monoisotopic (exact) mass is 324 g/mol. The van der Waals surface area contributed by atoms with Crippen LogP contribution in [0.1, 0.15) is 19.4 Å². The number of carboxylic acid groups (broad SMARTS) is 1. The molecule has 22 heavy (non-hydrogen) atoms. The first-order valence-electron chi connectivity index (χ1n) is 6.81. The number of thioether (sulfide) groups is 1. The number of aliphatic carboxylic acids is 1. The van der Waals surface area contributed by atoms with Crippen LogP contribution in [0, 0.1) is 6.92 Å². The number of benzene rings is 1. The molecule has 0 radical (unpaired) electrons. The van der Waals surface area contributed by atoms with Crippen LogP contribution >= 0.6 is 11.8 Å². The lowest BCUT2D eigenvalue weighted by Gasteiger charge is -2.14. The maximum Gasteiger partial charge on any atom is 0.325 e. The van der Waals surface area contributed by atoms with E-state index in [4.69, 9.17) is 5.11 Å². The number of aryl methyl sites for hydroxylation is 1. The Balaban J connectivity index is 2.38. The Bertz CT molecular complexity index is 545. The quantitative estimate of drug-likeness (QED) is 0.709. The van der Waals surface area contributed by atoms with Crippen molar-refractivity contribution in [2.24, 2.45) is 0 Å². The summed E-state index contributed by atoms with van der Waals surface area (Å²) in [5, 5.41) is 13.3. The zero-order valence-electron chi connectivity index (χ0n) is 12.8. The molecular weight excluding hydrogens is 304 g/mol. The molecule has 0 saturated heterocycles. The van der Waals surface area contributed by atoms with Gasteiger partial charge in [-0.25, -0.2) is 0 Å². The number of amides is 2. The van der Waals surface area contributed by atoms with Crippen LogP contribution in [-0.2, 0) is 14.4 Å².